The van der Waals surface area contributed by atoms with E-state index in [2.05, 4.69) is 0 Å². The van der Waals surface area contributed by atoms with Crippen molar-refractivity contribution in [2.45, 2.75) is 38.3 Å². The molecule has 0 saturated carbocycles. The Morgan fingerprint density at radius 3 is 2.20 bits per heavy atom. The zero-order valence-electron chi connectivity index (χ0n) is 9.08. The third-order valence-corrected chi connectivity index (χ3v) is 2.13. The Hall–Kier alpha value is -0.690. The van der Waals surface area contributed by atoms with Gasteiger partial charge in [0.1, 0.15) is 6.10 Å². The van der Waals surface area contributed by atoms with Gasteiger partial charge >= 0.3 is 5.97 Å². The first-order valence-electron chi connectivity index (χ1n) is 4.64. The van der Waals surface area contributed by atoms with Crippen molar-refractivity contribution in [1.29, 1.82) is 0 Å². The molecule has 0 aromatic carbocycles. The number of rotatable bonds is 7. The van der Waals surface area contributed by atoms with Gasteiger partial charge in [0.2, 0.25) is 0 Å². The van der Waals surface area contributed by atoms with E-state index in [1.54, 1.807) is 6.92 Å². The molecule has 0 aromatic rings. The maximum Gasteiger partial charge on any atom is 0.335 e. The van der Waals surface area contributed by atoms with Crippen LogP contribution in [0.2, 0.25) is 0 Å². The number of carboxylic acids is 1. The molecule has 0 aliphatic carbocycles. The summed E-state index contributed by atoms with van der Waals surface area (Å²) in [4.78, 5) is 10.8. The van der Waals surface area contributed by atoms with Crippen LogP contribution in [-0.4, -0.2) is 59.4 Å². The number of aliphatic hydroxyl groups excluding tert-OH is 2. The van der Waals surface area contributed by atoms with Gasteiger partial charge in [0.05, 0.1) is 18.8 Å². The molecule has 0 aliphatic heterocycles. The van der Waals surface area contributed by atoms with Crippen molar-refractivity contribution in [2.24, 2.45) is 0 Å². The molecule has 4 atom stereocenters. The standard InChI is InChI=1S/C9H18O6/c1-5(7(11)4-10)15-8(9(12)13)6(2)14-3/h5-8,10-11H,4H2,1-3H3,(H,12,13)/t5-,6-,7+,8?/m1/s1. The summed E-state index contributed by atoms with van der Waals surface area (Å²) in [6, 6.07) is 0. The summed E-state index contributed by atoms with van der Waals surface area (Å²) in [5.74, 6) is -1.17. The first kappa shape index (κ1) is 14.3. The highest BCUT2D eigenvalue weighted by Crippen LogP contribution is 2.09. The van der Waals surface area contributed by atoms with Crippen LogP contribution in [-0.2, 0) is 14.3 Å². The lowest BCUT2D eigenvalue weighted by molar-refractivity contribution is -0.172. The predicted octanol–water partition coefficient (Wildman–Crippen LogP) is -0.767. The Bertz CT molecular complexity index is 195. The summed E-state index contributed by atoms with van der Waals surface area (Å²) >= 11 is 0. The van der Waals surface area contributed by atoms with Crippen LogP contribution in [0, 0.1) is 0 Å². The van der Waals surface area contributed by atoms with Crippen molar-refractivity contribution < 1.29 is 29.6 Å². The van der Waals surface area contributed by atoms with E-state index in [4.69, 9.17) is 19.7 Å². The summed E-state index contributed by atoms with van der Waals surface area (Å²) < 4.78 is 9.92. The maximum absolute atomic E-state index is 10.8. The highest BCUT2D eigenvalue weighted by molar-refractivity contribution is 5.73. The number of carboxylic acid groups (broad SMARTS) is 1. The van der Waals surface area contributed by atoms with Gasteiger partial charge in [-0.2, -0.15) is 0 Å². The molecule has 0 bridgehead atoms. The number of aliphatic carboxylic acids is 1. The Kier molecular flexibility index (Phi) is 6.42. The Balaban J connectivity index is 4.35. The van der Waals surface area contributed by atoms with Crippen LogP contribution in [0.5, 0.6) is 0 Å². The number of ether oxygens (including phenoxy) is 2. The van der Waals surface area contributed by atoms with Crippen molar-refractivity contribution in [3.63, 3.8) is 0 Å². The fraction of sp³-hybridized carbons (Fsp3) is 0.889. The van der Waals surface area contributed by atoms with Gasteiger partial charge in [-0.3, -0.25) is 0 Å². The first-order valence-corrected chi connectivity index (χ1v) is 4.64. The van der Waals surface area contributed by atoms with E-state index in [0.717, 1.165) is 0 Å². The highest BCUT2D eigenvalue weighted by Gasteiger charge is 2.29. The fourth-order valence-electron chi connectivity index (χ4n) is 0.964. The zero-order valence-corrected chi connectivity index (χ0v) is 9.08. The second kappa shape index (κ2) is 6.73. The van der Waals surface area contributed by atoms with Crippen LogP contribution in [0.3, 0.4) is 0 Å². The van der Waals surface area contributed by atoms with Gasteiger partial charge in [-0.25, -0.2) is 4.79 Å². The lowest BCUT2D eigenvalue weighted by atomic mass is 10.2. The van der Waals surface area contributed by atoms with E-state index in [1.165, 1.54) is 14.0 Å². The molecule has 90 valence electrons. The van der Waals surface area contributed by atoms with E-state index in [0.29, 0.717) is 0 Å². The fourth-order valence-corrected chi connectivity index (χ4v) is 0.964. The zero-order chi connectivity index (χ0) is 12.0. The van der Waals surface area contributed by atoms with E-state index >= 15 is 0 Å². The van der Waals surface area contributed by atoms with Crippen molar-refractivity contribution in [1.82, 2.24) is 0 Å². The first-order chi connectivity index (χ1) is 6.93. The number of carbonyl (C=O) groups is 1. The average molecular weight is 222 g/mol. The third kappa shape index (κ3) is 4.57. The molecule has 0 spiro atoms. The van der Waals surface area contributed by atoms with Gasteiger partial charge in [-0.05, 0) is 13.8 Å². The lowest BCUT2D eigenvalue weighted by Crippen LogP contribution is -2.42. The van der Waals surface area contributed by atoms with Crippen LogP contribution in [0.4, 0.5) is 0 Å². The topological polar surface area (TPSA) is 96.2 Å². The minimum atomic E-state index is -1.17. The van der Waals surface area contributed by atoms with Crippen molar-refractivity contribution >= 4 is 5.97 Å². The Labute approximate surface area is 88.4 Å². The maximum atomic E-state index is 10.8. The summed E-state index contributed by atoms with van der Waals surface area (Å²) in [5, 5.41) is 26.7. The average Bonchev–Trinajstić information content (AvgIpc) is 2.22. The predicted molar refractivity (Wildman–Crippen MR) is 51.5 cm³/mol. The van der Waals surface area contributed by atoms with Crippen LogP contribution >= 0.6 is 0 Å². The molecule has 0 fully saturated rings. The normalized spacial score (nSPS) is 19.3. The summed E-state index contributed by atoms with van der Waals surface area (Å²) in [7, 11) is 1.37. The molecule has 0 aromatic heterocycles. The molecule has 15 heavy (non-hydrogen) atoms. The van der Waals surface area contributed by atoms with Gasteiger partial charge in [0.25, 0.3) is 0 Å². The van der Waals surface area contributed by atoms with Crippen LogP contribution in [0.25, 0.3) is 0 Å². The van der Waals surface area contributed by atoms with E-state index in [-0.39, 0.29) is 0 Å². The molecule has 0 amide bonds. The molecular formula is C9H18O6. The van der Waals surface area contributed by atoms with Gasteiger partial charge in [0.15, 0.2) is 6.10 Å². The minimum Gasteiger partial charge on any atom is -0.479 e. The van der Waals surface area contributed by atoms with E-state index < -0.39 is 37.0 Å². The van der Waals surface area contributed by atoms with Crippen molar-refractivity contribution in [2.75, 3.05) is 13.7 Å². The number of hydrogen-bond acceptors (Lipinski definition) is 5. The third-order valence-electron chi connectivity index (χ3n) is 2.13. The van der Waals surface area contributed by atoms with Crippen LogP contribution in [0.15, 0.2) is 0 Å². The van der Waals surface area contributed by atoms with Crippen LogP contribution in [0.1, 0.15) is 13.8 Å². The summed E-state index contributed by atoms with van der Waals surface area (Å²) in [6.07, 6.45) is -3.66. The quantitative estimate of drug-likeness (QED) is 0.523. The molecule has 0 rings (SSSR count). The minimum absolute atomic E-state index is 0.477. The van der Waals surface area contributed by atoms with Crippen molar-refractivity contribution in [3.8, 4) is 0 Å². The van der Waals surface area contributed by atoms with E-state index in [1.807, 2.05) is 0 Å². The second-order valence-corrected chi connectivity index (χ2v) is 3.29. The Morgan fingerprint density at radius 2 is 1.87 bits per heavy atom. The SMILES string of the molecule is CO[C@H](C)C(O[C@H](C)[C@@H](O)CO)C(=O)O. The number of hydrogen-bond donors (Lipinski definition) is 3. The largest absolute Gasteiger partial charge is 0.479 e. The molecule has 0 radical (unpaired) electrons. The molecule has 1 unspecified atom stereocenters. The van der Waals surface area contributed by atoms with Gasteiger partial charge in [-0.1, -0.05) is 0 Å². The smallest absolute Gasteiger partial charge is 0.335 e. The van der Waals surface area contributed by atoms with Gasteiger partial charge < -0.3 is 24.8 Å². The summed E-state index contributed by atoms with van der Waals surface area (Å²) in [6.45, 7) is 2.56. The van der Waals surface area contributed by atoms with Gasteiger partial charge in [-0.15, -0.1) is 0 Å². The highest BCUT2D eigenvalue weighted by atomic mass is 16.6. The van der Waals surface area contributed by atoms with Crippen LogP contribution < -0.4 is 0 Å². The molecule has 3 N–H and O–H groups in total. The molecule has 0 heterocycles. The molecular weight excluding hydrogens is 204 g/mol. The molecule has 0 aliphatic rings. The lowest BCUT2D eigenvalue weighted by Gasteiger charge is -2.25. The Morgan fingerprint density at radius 1 is 1.33 bits per heavy atom. The molecule has 6 nitrogen and oxygen atoms in total. The number of aliphatic hydroxyl groups is 2. The second-order valence-electron chi connectivity index (χ2n) is 3.29. The number of methoxy groups -OCH3 is 1. The summed E-state index contributed by atoms with van der Waals surface area (Å²) in [5.41, 5.74) is 0. The van der Waals surface area contributed by atoms with E-state index in [9.17, 15) is 9.90 Å². The van der Waals surface area contributed by atoms with Gasteiger partial charge in [0, 0.05) is 7.11 Å². The monoisotopic (exact) mass is 222 g/mol. The van der Waals surface area contributed by atoms with Crippen molar-refractivity contribution in [3.05, 3.63) is 0 Å². The molecule has 0 saturated heterocycles. The molecule has 6 heteroatoms.